The van der Waals surface area contributed by atoms with Crippen LogP contribution < -0.4 is 10.6 Å². The number of nitrogens with zero attached hydrogens (tertiary/aromatic N) is 4. The zero-order chi connectivity index (χ0) is 43.8. The van der Waals surface area contributed by atoms with Gasteiger partial charge < -0.3 is 44.6 Å². The molecule has 0 saturated carbocycles. The normalized spacial score (nSPS) is 19.2. The van der Waals surface area contributed by atoms with Crippen LogP contribution in [0.3, 0.4) is 0 Å². The van der Waals surface area contributed by atoms with Gasteiger partial charge in [-0.25, -0.2) is 19.6 Å². The monoisotopic (exact) mass is 854 g/mol. The molecule has 6 aromatic rings. The van der Waals surface area contributed by atoms with Gasteiger partial charge in [0.05, 0.1) is 49.2 Å². The Morgan fingerprint density at radius 1 is 0.714 bits per heavy atom. The van der Waals surface area contributed by atoms with Gasteiger partial charge in [0.2, 0.25) is 11.8 Å². The molecule has 15 nitrogen and oxygen atoms in total. The lowest BCUT2D eigenvalue weighted by Crippen LogP contribution is -2.53. The fraction of sp³-hybridized carbons (Fsp3) is 0.417. The Hall–Kier alpha value is -6.48. The molecule has 4 atom stereocenters. The van der Waals surface area contributed by atoms with E-state index in [-0.39, 0.29) is 35.7 Å². The van der Waals surface area contributed by atoms with Crippen LogP contribution in [0.5, 0.6) is 0 Å². The maximum Gasteiger partial charge on any atom is 0.407 e. The lowest BCUT2D eigenvalue weighted by molar-refractivity contribution is -0.137. The Morgan fingerprint density at radius 2 is 1.35 bits per heavy atom. The average molecular weight is 855 g/mol. The number of H-pyrrole nitrogens is 2. The highest BCUT2D eigenvalue weighted by atomic mass is 16.5. The summed E-state index contributed by atoms with van der Waals surface area (Å²) in [5, 5.41) is 9.80. The number of rotatable bonds is 10. The van der Waals surface area contributed by atoms with Crippen LogP contribution in [-0.2, 0) is 23.8 Å². The van der Waals surface area contributed by atoms with Gasteiger partial charge in [0.15, 0.2) is 0 Å². The maximum atomic E-state index is 14.1. The van der Waals surface area contributed by atoms with Gasteiger partial charge in [-0.2, -0.15) is 0 Å². The standard InChI is InChI=1S/C48H54N8O7/c1-27(2)39(53-47(59)61-3)45(57)56-22-8-12-38(56)44-51-41-33-10-6-5-9-32(33)35-25-31(17-18-34(35)42(41)52-44)28-13-15-29(16-14-28)36-26-49-43(50-36)37-11-7-21-55(37)46(58)40(54-48(60)62-4)30-19-23-63-24-20-30/h5-6,9-10,13-18,25-27,30,37-40H,7-8,11-12,19-24H2,1-4H3,(H,49,50)(H,51,52)(H,53,59)(H,54,60)/t37-,38-,39-,40-/m0/s1. The molecule has 4 aromatic carbocycles. The summed E-state index contributed by atoms with van der Waals surface area (Å²) in [4.78, 5) is 73.2. The number of carbonyl (C=O) groups excluding carboxylic acids is 4. The highest BCUT2D eigenvalue weighted by Gasteiger charge is 2.41. The Labute approximate surface area is 365 Å². The highest BCUT2D eigenvalue weighted by molar-refractivity contribution is 6.23. The lowest BCUT2D eigenvalue weighted by Gasteiger charge is -2.34. The summed E-state index contributed by atoms with van der Waals surface area (Å²) in [6.45, 7) is 6.10. The fourth-order valence-corrected chi connectivity index (χ4v) is 9.83. The van der Waals surface area contributed by atoms with Gasteiger partial charge in [0.25, 0.3) is 0 Å². The Morgan fingerprint density at radius 3 is 2.05 bits per heavy atom. The molecule has 3 saturated heterocycles. The number of ether oxygens (including phenoxy) is 3. The number of alkyl carbamates (subject to hydrolysis) is 2. The topological polar surface area (TPSA) is 184 Å². The molecule has 4 amide bonds. The third-order valence-corrected chi connectivity index (χ3v) is 13.2. The van der Waals surface area contributed by atoms with Crippen LogP contribution in [0.4, 0.5) is 9.59 Å². The molecular formula is C48H54N8O7. The number of imidazole rings is 2. The smallest absolute Gasteiger partial charge is 0.407 e. The van der Waals surface area contributed by atoms with Crippen LogP contribution in [-0.4, -0.2) is 106 Å². The second-order valence-corrected chi connectivity index (χ2v) is 17.2. The van der Waals surface area contributed by atoms with E-state index in [1.54, 1.807) is 0 Å². The largest absolute Gasteiger partial charge is 0.453 e. The van der Waals surface area contributed by atoms with Crippen molar-refractivity contribution in [2.75, 3.05) is 40.5 Å². The summed E-state index contributed by atoms with van der Waals surface area (Å²) < 4.78 is 15.3. The van der Waals surface area contributed by atoms with Crippen molar-refractivity contribution in [2.45, 2.75) is 76.5 Å². The van der Waals surface area contributed by atoms with Crippen molar-refractivity contribution in [3.8, 4) is 22.4 Å². The molecule has 9 rings (SSSR count). The van der Waals surface area contributed by atoms with Crippen molar-refractivity contribution in [1.82, 2.24) is 40.4 Å². The average Bonchev–Trinajstić information content (AvgIpc) is 4.16. The number of amides is 4. The molecule has 3 fully saturated rings. The first-order valence-corrected chi connectivity index (χ1v) is 22.0. The Balaban J connectivity index is 0.968. The first-order valence-electron chi connectivity index (χ1n) is 22.0. The van der Waals surface area contributed by atoms with Crippen LogP contribution in [0.1, 0.15) is 76.1 Å². The van der Waals surface area contributed by atoms with E-state index in [0.29, 0.717) is 39.1 Å². The van der Waals surface area contributed by atoms with Crippen molar-refractivity contribution in [1.29, 1.82) is 0 Å². The van der Waals surface area contributed by atoms with Crippen LogP contribution in [0.15, 0.2) is 72.9 Å². The summed E-state index contributed by atoms with van der Waals surface area (Å²) in [5.74, 6) is 1.03. The maximum absolute atomic E-state index is 14.1. The molecule has 0 radical (unpaired) electrons. The summed E-state index contributed by atoms with van der Waals surface area (Å²) in [7, 11) is 2.61. The van der Waals surface area contributed by atoms with Gasteiger partial charge >= 0.3 is 12.2 Å². The molecule has 15 heteroatoms. The summed E-state index contributed by atoms with van der Waals surface area (Å²) in [6, 6.07) is 21.3. The zero-order valence-corrected chi connectivity index (χ0v) is 36.1. The van der Waals surface area contributed by atoms with Crippen molar-refractivity contribution < 1.29 is 33.4 Å². The lowest BCUT2D eigenvalue weighted by atomic mass is 9.90. The number of likely N-dealkylation sites (tertiary alicyclic amines) is 2. The minimum absolute atomic E-state index is 0.0348. The second-order valence-electron chi connectivity index (χ2n) is 17.2. The van der Waals surface area contributed by atoms with Crippen LogP contribution in [0, 0.1) is 11.8 Å². The fourth-order valence-electron chi connectivity index (χ4n) is 9.83. The minimum Gasteiger partial charge on any atom is -0.453 e. The van der Waals surface area contributed by atoms with Gasteiger partial charge in [0.1, 0.15) is 23.7 Å². The Kier molecular flexibility index (Phi) is 11.8. The number of methoxy groups -OCH3 is 2. The number of nitrogens with one attached hydrogen (secondary N) is 4. The van der Waals surface area contributed by atoms with Crippen molar-refractivity contribution >= 4 is 56.6 Å². The molecule has 4 N–H and O–H groups in total. The molecule has 3 aliphatic rings. The van der Waals surface area contributed by atoms with Gasteiger partial charge in [-0.15, -0.1) is 0 Å². The molecule has 0 spiro atoms. The van der Waals surface area contributed by atoms with E-state index in [1.807, 2.05) is 42.0 Å². The predicted octanol–water partition coefficient (Wildman–Crippen LogP) is 7.79. The SMILES string of the molecule is COC(=O)N[C@H](C(=O)N1CCC[C@H]1c1nc2c3ccccc3c3cc(-c4ccc(-c5cnc([C@@H]6CCCN6C(=O)[C@@H](NC(=O)OC)C6CCOCC6)[nH]5)cc4)ccc3c2[nH]1)C(C)C. The summed E-state index contributed by atoms with van der Waals surface area (Å²) in [5.41, 5.74) is 5.73. The minimum atomic E-state index is -0.714. The molecule has 0 unspecified atom stereocenters. The second kappa shape index (κ2) is 17.7. The zero-order valence-electron chi connectivity index (χ0n) is 36.1. The Bertz CT molecular complexity index is 2670. The first kappa shape index (κ1) is 41.9. The van der Waals surface area contributed by atoms with Crippen molar-refractivity contribution in [2.24, 2.45) is 11.8 Å². The van der Waals surface area contributed by atoms with E-state index in [0.717, 1.165) is 92.3 Å². The predicted molar refractivity (Wildman–Crippen MR) is 239 cm³/mol. The highest BCUT2D eigenvalue weighted by Crippen LogP contribution is 2.40. The first-order chi connectivity index (χ1) is 30.6. The number of aromatic nitrogens is 4. The van der Waals surface area contributed by atoms with E-state index in [1.165, 1.54) is 14.2 Å². The van der Waals surface area contributed by atoms with Crippen LogP contribution in [0.25, 0.3) is 55.0 Å². The van der Waals surface area contributed by atoms with E-state index in [9.17, 15) is 19.2 Å². The third-order valence-electron chi connectivity index (χ3n) is 13.2. The number of carbonyl (C=O) groups is 4. The van der Waals surface area contributed by atoms with Gasteiger partial charge in [-0.3, -0.25) is 9.59 Å². The number of fused-ring (bicyclic) bond motifs is 6. The number of hydrogen-bond acceptors (Lipinski definition) is 9. The van der Waals surface area contributed by atoms with Gasteiger partial charge in [0, 0.05) is 37.1 Å². The summed E-state index contributed by atoms with van der Waals surface area (Å²) >= 11 is 0. The quantitative estimate of drug-likeness (QED) is 0.1000. The third kappa shape index (κ3) is 8.05. The van der Waals surface area contributed by atoms with Crippen LogP contribution >= 0.6 is 0 Å². The molecular weight excluding hydrogens is 801 g/mol. The van der Waals surface area contributed by atoms with E-state index in [2.05, 4.69) is 75.2 Å². The van der Waals surface area contributed by atoms with Crippen molar-refractivity contribution in [3.05, 3.63) is 84.6 Å². The molecule has 5 heterocycles. The number of aromatic amines is 2. The van der Waals surface area contributed by atoms with Gasteiger partial charge in [-0.1, -0.05) is 74.5 Å². The van der Waals surface area contributed by atoms with E-state index in [4.69, 9.17) is 24.2 Å². The van der Waals surface area contributed by atoms with E-state index >= 15 is 0 Å². The molecule has 0 aliphatic carbocycles. The molecule has 3 aliphatic heterocycles. The number of benzene rings is 4. The van der Waals surface area contributed by atoms with Crippen LogP contribution in [0.2, 0.25) is 0 Å². The summed E-state index contributed by atoms with van der Waals surface area (Å²) in [6.07, 6.45) is 5.16. The van der Waals surface area contributed by atoms with E-state index < -0.39 is 24.3 Å². The molecule has 2 aromatic heterocycles. The van der Waals surface area contributed by atoms with Gasteiger partial charge in [-0.05, 0) is 83.9 Å². The molecule has 328 valence electrons. The number of hydrogen-bond donors (Lipinski definition) is 4. The van der Waals surface area contributed by atoms with Crippen molar-refractivity contribution in [3.63, 3.8) is 0 Å². The molecule has 63 heavy (non-hydrogen) atoms. The molecule has 0 bridgehead atoms.